The zero-order valence-corrected chi connectivity index (χ0v) is 8.60. The van der Waals surface area contributed by atoms with Crippen molar-refractivity contribution in [1.29, 1.82) is 0 Å². The number of aliphatic imine (C=N–C) groups is 1. The molecule has 0 aliphatic rings. The van der Waals surface area contributed by atoms with Gasteiger partial charge in [-0.3, -0.25) is 4.99 Å². The van der Waals surface area contributed by atoms with Gasteiger partial charge in [0, 0.05) is 13.1 Å². The van der Waals surface area contributed by atoms with E-state index in [-0.39, 0.29) is 19.1 Å². The molecule has 0 unspecified atom stereocenters. The maximum Gasteiger partial charge on any atom is 0.411 e. The van der Waals surface area contributed by atoms with E-state index in [0.29, 0.717) is 6.54 Å². The van der Waals surface area contributed by atoms with Crippen LogP contribution in [0.1, 0.15) is 13.3 Å². The fourth-order valence-corrected chi connectivity index (χ4v) is 0.727. The van der Waals surface area contributed by atoms with Crippen LogP contribution in [-0.2, 0) is 4.74 Å². The van der Waals surface area contributed by atoms with Gasteiger partial charge in [-0.1, -0.05) is 6.92 Å². The second-order valence-electron chi connectivity index (χ2n) is 2.86. The minimum atomic E-state index is -4.28. The standard InChI is InChI=1S/C8H16F3N3O/c1-2-3-13-7(12)14-4-5-15-6-8(9,10)11/h2-6H2,1H3,(H3,12,13,14). The molecular weight excluding hydrogens is 211 g/mol. The second-order valence-corrected chi connectivity index (χ2v) is 2.86. The Morgan fingerprint density at radius 1 is 1.47 bits per heavy atom. The lowest BCUT2D eigenvalue weighted by Crippen LogP contribution is -2.34. The van der Waals surface area contributed by atoms with Crippen molar-refractivity contribution in [2.45, 2.75) is 19.5 Å². The highest BCUT2D eigenvalue weighted by Gasteiger charge is 2.27. The molecule has 0 spiro atoms. The Morgan fingerprint density at radius 3 is 2.67 bits per heavy atom. The number of nitrogens with two attached hydrogens (primary N) is 1. The topological polar surface area (TPSA) is 59.6 Å². The number of ether oxygens (including phenoxy) is 1. The first-order valence-corrected chi connectivity index (χ1v) is 4.64. The van der Waals surface area contributed by atoms with Crippen LogP contribution in [0, 0.1) is 0 Å². The van der Waals surface area contributed by atoms with Gasteiger partial charge in [0.2, 0.25) is 0 Å². The molecule has 0 aromatic carbocycles. The van der Waals surface area contributed by atoms with Gasteiger partial charge in [-0.2, -0.15) is 13.2 Å². The van der Waals surface area contributed by atoms with Gasteiger partial charge in [-0.05, 0) is 6.42 Å². The highest BCUT2D eigenvalue weighted by Crippen LogP contribution is 2.13. The van der Waals surface area contributed by atoms with Crippen LogP contribution < -0.4 is 11.1 Å². The summed E-state index contributed by atoms with van der Waals surface area (Å²) in [6, 6.07) is 0. The minimum Gasteiger partial charge on any atom is -0.370 e. The Labute approximate surface area is 86.7 Å². The van der Waals surface area contributed by atoms with E-state index in [9.17, 15) is 13.2 Å². The van der Waals surface area contributed by atoms with E-state index in [1.165, 1.54) is 0 Å². The lowest BCUT2D eigenvalue weighted by atomic mass is 10.5. The summed E-state index contributed by atoms with van der Waals surface area (Å²) in [5.41, 5.74) is 5.39. The summed E-state index contributed by atoms with van der Waals surface area (Å²) in [6.07, 6.45) is -3.41. The largest absolute Gasteiger partial charge is 0.411 e. The van der Waals surface area contributed by atoms with E-state index in [0.717, 1.165) is 6.42 Å². The van der Waals surface area contributed by atoms with Crippen molar-refractivity contribution in [3.05, 3.63) is 0 Å². The molecule has 0 aromatic rings. The summed E-state index contributed by atoms with van der Waals surface area (Å²) in [5, 5.41) is 2.64. The summed E-state index contributed by atoms with van der Waals surface area (Å²) in [4.78, 5) is 3.89. The predicted molar refractivity (Wildman–Crippen MR) is 51.7 cm³/mol. The molecule has 4 nitrogen and oxygen atoms in total. The van der Waals surface area contributed by atoms with Gasteiger partial charge >= 0.3 is 6.18 Å². The summed E-state index contributed by atoms with van der Waals surface area (Å²) >= 11 is 0. The van der Waals surface area contributed by atoms with Crippen molar-refractivity contribution in [2.24, 2.45) is 10.7 Å². The molecule has 0 fully saturated rings. The van der Waals surface area contributed by atoms with Gasteiger partial charge in [-0.25, -0.2) is 0 Å². The van der Waals surface area contributed by atoms with Gasteiger partial charge in [-0.15, -0.1) is 0 Å². The summed E-state index contributed by atoms with van der Waals surface area (Å²) in [6.45, 7) is 1.48. The Balaban J connectivity index is 3.39. The molecular formula is C8H16F3N3O. The van der Waals surface area contributed by atoms with Gasteiger partial charge in [0.15, 0.2) is 5.96 Å². The third kappa shape index (κ3) is 10.9. The van der Waals surface area contributed by atoms with Crippen molar-refractivity contribution in [2.75, 3.05) is 26.3 Å². The molecule has 0 saturated heterocycles. The first kappa shape index (κ1) is 14.0. The van der Waals surface area contributed by atoms with E-state index in [1.807, 2.05) is 6.92 Å². The number of guanidine groups is 1. The molecule has 15 heavy (non-hydrogen) atoms. The zero-order valence-electron chi connectivity index (χ0n) is 8.60. The molecule has 0 rings (SSSR count). The van der Waals surface area contributed by atoms with Crippen LogP contribution in [0.2, 0.25) is 0 Å². The van der Waals surface area contributed by atoms with Gasteiger partial charge < -0.3 is 15.8 Å². The third-order valence-corrected chi connectivity index (χ3v) is 1.32. The third-order valence-electron chi connectivity index (χ3n) is 1.32. The summed E-state index contributed by atoms with van der Waals surface area (Å²) < 4.78 is 39.2. The van der Waals surface area contributed by atoms with Crippen LogP contribution in [0.4, 0.5) is 13.2 Å². The van der Waals surface area contributed by atoms with Crippen LogP contribution in [0.5, 0.6) is 0 Å². The molecule has 90 valence electrons. The summed E-state index contributed by atoms with van der Waals surface area (Å²) in [7, 11) is 0. The molecule has 0 aromatic heterocycles. The van der Waals surface area contributed by atoms with Crippen LogP contribution in [0.25, 0.3) is 0 Å². The molecule has 0 atom stereocenters. The molecule has 0 heterocycles. The normalized spacial score (nSPS) is 12.9. The fraction of sp³-hybridized carbons (Fsp3) is 0.875. The van der Waals surface area contributed by atoms with Gasteiger partial charge in [0.1, 0.15) is 6.61 Å². The maximum absolute atomic E-state index is 11.6. The number of alkyl halides is 3. The Morgan fingerprint density at radius 2 is 2.13 bits per heavy atom. The Hall–Kier alpha value is -0.980. The molecule has 0 bridgehead atoms. The minimum absolute atomic E-state index is 0.0537. The molecule has 0 radical (unpaired) electrons. The highest BCUT2D eigenvalue weighted by molar-refractivity contribution is 5.77. The molecule has 3 N–H and O–H groups in total. The number of hydrogen-bond donors (Lipinski definition) is 2. The average Bonchev–Trinajstić information content (AvgIpc) is 2.12. The van der Waals surface area contributed by atoms with Crippen LogP contribution in [0.15, 0.2) is 4.99 Å². The number of hydrogen-bond acceptors (Lipinski definition) is 2. The summed E-state index contributed by atoms with van der Waals surface area (Å²) in [5.74, 6) is 0.229. The van der Waals surface area contributed by atoms with E-state index in [2.05, 4.69) is 15.0 Å². The molecule has 0 saturated carbocycles. The molecule has 7 heteroatoms. The van der Waals surface area contributed by atoms with Crippen molar-refractivity contribution in [3.63, 3.8) is 0 Å². The quantitative estimate of drug-likeness (QED) is 0.402. The van der Waals surface area contributed by atoms with E-state index in [1.54, 1.807) is 0 Å². The predicted octanol–water partition coefficient (Wildman–Crippen LogP) is 0.880. The van der Waals surface area contributed by atoms with Crippen LogP contribution in [-0.4, -0.2) is 38.4 Å². The highest BCUT2D eigenvalue weighted by atomic mass is 19.4. The number of nitrogens with zero attached hydrogens (tertiary/aromatic N) is 1. The smallest absolute Gasteiger partial charge is 0.370 e. The Kier molecular flexibility index (Phi) is 6.85. The van der Waals surface area contributed by atoms with Crippen molar-refractivity contribution in [1.82, 2.24) is 5.32 Å². The van der Waals surface area contributed by atoms with Crippen molar-refractivity contribution < 1.29 is 17.9 Å². The van der Waals surface area contributed by atoms with E-state index in [4.69, 9.17) is 5.73 Å². The average molecular weight is 227 g/mol. The Bertz CT molecular complexity index is 194. The van der Waals surface area contributed by atoms with Gasteiger partial charge in [0.05, 0.1) is 6.61 Å². The van der Waals surface area contributed by atoms with E-state index < -0.39 is 12.8 Å². The zero-order chi connectivity index (χ0) is 11.7. The fourth-order valence-electron chi connectivity index (χ4n) is 0.727. The number of nitrogens with one attached hydrogen (secondary N) is 1. The molecule has 0 amide bonds. The lowest BCUT2D eigenvalue weighted by molar-refractivity contribution is -0.173. The number of halogens is 3. The van der Waals surface area contributed by atoms with Gasteiger partial charge in [0.25, 0.3) is 0 Å². The first-order chi connectivity index (χ1) is 6.95. The lowest BCUT2D eigenvalue weighted by Gasteiger charge is -2.08. The molecule has 0 aliphatic carbocycles. The second kappa shape index (κ2) is 7.33. The maximum atomic E-state index is 11.6. The van der Waals surface area contributed by atoms with Crippen molar-refractivity contribution in [3.8, 4) is 0 Å². The van der Waals surface area contributed by atoms with Crippen molar-refractivity contribution >= 4 is 5.96 Å². The first-order valence-electron chi connectivity index (χ1n) is 4.64. The SMILES string of the molecule is CCCN=C(N)NCCOCC(F)(F)F. The molecule has 0 aliphatic heterocycles. The van der Waals surface area contributed by atoms with Crippen LogP contribution >= 0.6 is 0 Å². The number of rotatable bonds is 6. The van der Waals surface area contributed by atoms with Crippen LogP contribution in [0.3, 0.4) is 0 Å². The monoisotopic (exact) mass is 227 g/mol. The van der Waals surface area contributed by atoms with E-state index >= 15 is 0 Å².